The number of ether oxygens (including phenoxy) is 1. The zero-order valence-corrected chi connectivity index (χ0v) is 17.1. The van der Waals surface area contributed by atoms with Gasteiger partial charge in [0.15, 0.2) is 0 Å². The number of benzene rings is 3. The van der Waals surface area contributed by atoms with Crippen LogP contribution in [0.25, 0.3) is 0 Å². The van der Waals surface area contributed by atoms with E-state index in [4.69, 9.17) is 0 Å². The Morgan fingerprint density at radius 1 is 0.839 bits per heavy atom. The van der Waals surface area contributed by atoms with Crippen LogP contribution in [0.4, 0.5) is 8.78 Å². The quantitative estimate of drug-likeness (QED) is 0.438. The molecule has 2 N–H and O–H groups in total. The Bertz CT molecular complexity index is 919. The minimum absolute atomic E-state index is 0.0911. The second-order valence-corrected chi connectivity index (χ2v) is 7.11. The van der Waals surface area contributed by atoms with Crippen LogP contribution in [0.5, 0.6) is 5.75 Å². The van der Waals surface area contributed by atoms with Crippen LogP contribution in [-0.2, 0) is 11.2 Å². The molecular weight excluding hydrogens is 398 g/mol. The van der Waals surface area contributed by atoms with Crippen molar-refractivity contribution in [3.8, 4) is 5.75 Å². The van der Waals surface area contributed by atoms with Crippen molar-refractivity contribution >= 4 is 5.91 Å². The lowest BCUT2D eigenvalue weighted by Gasteiger charge is -2.20. The van der Waals surface area contributed by atoms with Crippen molar-refractivity contribution < 1.29 is 18.3 Å². The summed E-state index contributed by atoms with van der Waals surface area (Å²) in [5.41, 5.74) is 3.07. The molecule has 0 aliphatic carbocycles. The normalized spacial score (nSPS) is 11.8. The van der Waals surface area contributed by atoms with Crippen LogP contribution < -0.4 is 15.4 Å². The number of amides is 1. The first-order valence-corrected chi connectivity index (χ1v) is 10.3. The fourth-order valence-electron chi connectivity index (χ4n) is 3.34. The Morgan fingerprint density at radius 3 is 2.10 bits per heavy atom. The Labute approximate surface area is 181 Å². The molecule has 0 spiro atoms. The molecule has 4 nitrogen and oxygen atoms in total. The Hall–Kier alpha value is -3.25. The summed E-state index contributed by atoms with van der Waals surface area (Å²) >= 11 is 0. The van der Waals surface area contributed by atoms with Gasteiger partial charge in [-0.25, -0.2) is 0 Å². The van der Waals surface area contributed by atoms with Gasteiger partial charge in [-0.05, 0) is 41.7 Å². The third-order valence-electron chi connectivity index (χ3n) is 4.85. The molecule has 0 saturated carbocycles. The first-order valence-electron chi connectivity index (χ1n) is 10.3. The first-order chi connectivity index (χ1) is 15.1. The van der Waals surface area contributed by atoms with E-state index in [0.29, 0.717) is 6.54 Å². The van der Waals surface area contributed by atoms with Crippen LogP contribution in [0.3, 0.4) is 0 Å². The second-order valence-electron chi connectivity index (χ2n) is 7.11. The molecule has 3 aromatic carbocycles. The maximum Gasteiger partial charge on any atom is 0.387 e. The average Bonchev–Trinajstić information content (AvgIpc) is 2.79. The van der Waals surface area contributed by atoms with Gasteiger partial charge in [0.2, 0.25) is 5.91 Å². The van der Waals surface area contributed by atoms with E-state index in [-0.39, 0.29) is 24.2 Å². The second kappa shape index (κ2) is 11.8. The van der Waals surface area contributed by atoms with Gasteiger partial charge in [0.1, 0.15) is 5.75 Å². The number of carbonyl (C=O) groups is 1. The lowest BCUT2D eigenvalue weighted by atomic mass is 9.98. The van der Waals surface area contributed by atoms with Gasteiger partial charge in [-0.3, -0.25) is 10.1 Å². The molecular formula is C25H26F2N2O2. The van der Waals surface area contributed by atoms with Gasteiger partial charge in [0.05, 0.1) is 12.6 Å². The van der Waals surface area contributed by atoms with Gasteiger partial charge >= 0.3 is 6.61 Å². The van der Waals surface area contributed by atoms with Crippen molar-refractivity contribution in [1.29, 1.82) is 0 Å². The highest BCUT2D eigenvalue weighted by Crippen LogP contribution is 2.24. The van der Waals surface area contributed by atoms with Gasteiger partial charge in [0, 0.05) is 6.54 Å². The monoisotopic (exact) mass is 424 g/mol. The Kier molecular flexibility index (Phi) is 8.55. The van der Waals surface area contributed by atoms with Gasteiger partial charge in [-0.1, -0.05) is 72.8 Å². The fraction of sp³-hybridized carbons (Fsp3) is 0.240. The first kappa shape index (κ1) is 22.4. The van der Waals surface area contributed by atoms with Gasteiger partial charge in [0.25, 0.3) is 0 Å². The largest absolute Gasteiger partial charge is 0.435 e. The lowest BCUT2D eigenvalue weighted by molar-refractivity contribution is -0.120. The summed E-state index contributed by atoms with van der Waals surface area (Å²) in [6, 6.07) is 26.0. The van der Waals surface area contributed by atoms with E-state index in [1.165, 1.54) is 17.7 Å². The van der Waals surface area contributed by atoms with Crippen molar-refractivity contribution in [3.05, 3.63) is 102 Å². The predicted octanol–water partition coefficient (Wildman–Crippen LogP) is 4.72. The van der Waals surface area contributed by atoms with Crippen molar-refractivity contribution in [1.82, 2.24) is 10.6 Å². The molecule has 0 radical (unpaired) electrons. The molecule has 3 aromatic rings. The molecule has 0 unspecified atom stereocenters. The van der Waals surface area contributed by atoms with Gasteiger partial charge in [-0.2, -0.15) is 8.78 Å². The molecule has 0 saturated heterocycles. The highest BCUT2D eigenvalue weighted by atomic mass is 19.3. The maximum absolute atomic E-state index is 12.4. The molecule has 162 valence electrons. The number of hydrogen-bond acceptors (Lipinski definition) is 3. The summed E-state index contributed by atoms with van der Waals surface area (Å²) in [6.45, 7) is -2.12. The fourth-order valence-corrected chi connectivity index (χ4v) is 3.34. The third-order valence-corrected chi connectivity index (χ3v) is 4.85. The van der Waals surface area contributed by atoms with Gasteiger partial charge < -0.3 is 10.1 Å². The number of aryl methyl sites for hydroxylation is 1. The lowest BCUT2D eigenvalue weighted by Crippen LogP contribution is -2.36. The number of hydrogen-bond donors (Lipinski definition) is 2. The van der Waals surface area contributed by atoms with Crippen molar-refractivity contribution in [2.75, 3.05) is 13.1 Å². The summed E-state index contributed by atoms with van der Waals surface area (Å²) in [5, 5.41) is 6.21. The summed E-state index contributed by atoms with van der Waals surface area (Å²) in [4.78, 5) is 12.3. The van der Waals surface area contributed by atoms with E-state index in [2.05, 4.69) is 27.5 Å². The predicted molar refractivity (Wildman–Crippen MR) is 117 cm³/mol. The van der Waals surface area contributed by atoms with Crippen LogP contribution in [0, 0.1) is 0 Å². The van der Waals surface area contributed by atoms with Crippen LogP contribution >= 0.6 is 0 Å². The SMILES string of the molecule is O=C(CN[C@@H](c1ccccc1)c1ccc(OC(F)F)cc1)NCCCc1ccccc1. The van der Waals surface area contributed by atoms with E-state index in [1.54, 1.807) is 12.1 Å². The third kappa shape index (κ3) is 7.50. The topological polar surface area (TPSA) is 50.4 Å². The molecule has 1 atom stereocenters. The van der Waals surface area contributed by atoms with Crippen LogP contribution in [0.2, 0.25) is 0 Å². The Balaban J connectivity index is 1.54. The highest BCUT2D eigenvalue weighted by molar-refractivity contribution is 5.78. The van der Waals surface area contributed by atoms with Crippen LogP contribution in [0.15, 0.2) is 84.9 Å². The standard InChI is InChI=1S/C25H26F2N2O2/c26-25(27)31-22-15-13-21(14-16-22)24(20-11-5-2-6-12-20)29-18-23(30)28-17-7-10-19-8-3-1-4-9-19/h1-6,8-9,11-16,24-25,29H,7,10,17-18H2,(H,28,30)/t24-/m0/s1. The van der Waals surface area contributed by atoms with Crippen LogP contribution in [-0.4, -0.2) is 25.6 Å². The van der Waals surface area contributed by atoms with E-state index < -0.39 is 6.61 Å². The molecule has 31 heavy (non-hydrogen) atoms. The summed E-state index contributed by atoms with van der Waals surface area (Å²) < 4.78 is 29.2. The average molecular weight is 424 g/mol. The van der Waals surface area contributed by atoms with Crippen LogP contribution in [0.1, 0.15) is 29.2 Å². The molecule has 0 bridgehead atoms. The number of nitrogens with one attached hydrogen (secondary N) is 2. The molecule has 0 aliphatic heterocycles. The van der Waals surface area contributed by atoms with Gasteiger partial charge in [-0.15, -0.1) is 0 Å². The minimum atomic E-state index is -2.86. The zero-order chi connectivity index (χ0) is 21.9. The van der Waals surface area contributed by atoms with Crippen molar-refractivity contribution in [3.63, 3.8) is 0 Å². The molecule has 3 rings (SSSR count). The molecule has 1 amide bonds. The van der Waals surface area contributed by atoms with Crippen molar-refractivity contribution in [2.45, 2.75) is 25.5 Å². The summed E-state index contributed by atoms with van der Waals surface area (Å²) in [6.07, 6.45) is 1.78. The van der Waals surface area contributed by atoms with E-state index in [0.717, 1.165) is 24.0 Å². The number of halogens is 2. The molecule has 0 heterocycles. The van der Waals surface area contributed by atoms with Crippen molar-refractivity contribution in [2.24, 2.45) is 0 Å². The molecule has 6 heteroatoms. The molecule has 0 fully saturated rings. The summed E-state index contributed by atoms with van der Waals surface area (Å²) in [7, 11) is 0. The highest BCUT2D eigenvalue weighted by Gasteiger charge is 2.15. The maximum atomic E-state index is 12.4. The zero-order valence-electron chi connectivity index (χ0n) is 17.1. The van der Waals surface area contributed by atoms with E-state index in [9.17, 15) is 13.6 Å². The minimum Gasteiger partial charge on any atom is -0.435 e. The number of carbonyl (C=O) groups excluding carboxylic acids is 1. The molecule has 0 aliphatic rings. The van der Waals surface area contributed by atoms with E-state index >= 15 is 0 Å². The number of rotatable bonds is 11. The Morgan fingerprint density at radius 2 is 1.45 bits per heavy atom. The van der Waals surface area contributed by atoms with E-state index in [1.807, 2.05) is 48.5 Å². The molecule has 0 aromatic heterocycles. The smallest absolute Gasteiger partial charge is 0.387 e. The number of alkyl halides is 2. The summed E-state index contributed by atoms with van der Waals surface area (Å²) in [5.74, 6) is 0.00775.